The first-order chi connectivity index (χ1) is 12.9. The van der Waals surface area contributed by atoms with Crippen molar-refractivity contribution in [3.05, 3.63) is 75.2 Å². The Labute approximate surface area is 159 Å². The molecule has 0 saturated heterocycles. The molecule has 1 aromatic heterocycles. The molecule has 0 saturated carbocycles. The van der Waals surface area contributed by atoms with Crippen molar-refractivity contribution in [3.8, 4) is 0 Å². The summed E-state index contributed by atoms with van der Waals surface area (Å²) in [5.41, 5.74) is 4.63. The van der Waals surface area contributed by atoms with Crippen LogP contribution in [-0.4, -0.2) is 21.6 Å². The Morgan fingerprint density at radius 2 is 1.56 bits per heavy atom. The van der Waals surface area contributed by atoms with Gasteiger partial charge in [-0.3, -0.25) is 25.2 Å². The summed E-state index contributed by atoms with van der Waals surface area (Å²) in [5.74, 6) is -1.20. The topological polar surface area (TPSA) is 93.1 Å². The predicted molar refractivity (Wildman–Crippen MR) is 103 cm³/mol. The number of amides is 2. The van der Waals surface area contributed by atoms with Crippen LogP contribution in [-0.2, 0) is 0 Å². The zero-order valence-corrected chi connectivity index (χ0v) is 15.4. The first kappa shape index (κ1) is 18.6. The molecule has 2 aromatic carbocycles. The van der Waals surface area contributed by atoms with Crippen molar-refractivity contribution in [2.45, 2.75) is 19.9 Å². The summed E-state index contributed by atoms with van der Waals surface area (Å²) in [6.07, 6.45) is 0. The van der Waals surface area contributed by atoms with E-state index < -0.39 is 11.8 Å². The number of benzene rings is 2. The standard InChI is InChI=1S/C19H17ClN4O3/c1-11(2)24-19(27)13-8-4-3-7-12(13)16(23-24)18(26)22-21-17(25)14-9-5-6-10-15(14)20/h3-11H,1-2H3,(H,21,25)(H,22,26). The lowest BCUT2D eigenvalue weighted by Gasteiger charge is -2.14. The van der Waals surface area contributed by atoms with Gasteiger partial charge in [0.2, 0.25) is 0 Å². The fraction of sp³-hybridized carbons (Fsp3) is 0.158. The number of halogens is 1. The summed E-state index contributed by atoms with van der Waals surface area (Å²) in [7, 11) is 0. The summed E-state index contributed by atoms with van der Waals surface area (Å²) in [5, 5.41) is 5.23. The molecule has 0 fully saturated rings. The van der Waals surface area contributed by atoms with E-state index in [9.17, 15) is 14.4 Å². The maximum Gasteiger partial charge on any atom is 0.290 e. The molecule has 7 nitrogen and oxygen atoms in total. The lowest BCUT2D eigenvalue weighted by molar-refractivity contribution is 0.0843. The van der Waals surface area contributed by atoms with E-state index in [0.29, 0.717) is 10.8 Å². The van der Waals surface area contributed by atoms with E-state index >= 15 is 0 Å². The average Bonchev–Trinajstić information content (AvgIpc) is 2.66. The minimum Gasteiger partial charge on any atom is -0.267 e. The first-order valence-electron chi connectivity index (χ1n) is 8.27. The van der Waals surface area contributed by atoms with Gasteiger partial charge in [-0.05, 0) is 32.0 Å². The Morgan fingerprint density at radius 1 is 0.963 bits per heavy atom. The molecule has 3 aromatic rings. The molecule has 0 aliphatic heterocycles. The van der Waals surface area contributed by atoms with Gasteiger partial charge in [-0.25, -0.2) is 4.68 Å². The Bertz CT molecular complexity index is 1090. The van der Waals surface area contributed by atoms with Crippen LogP contribution in [0.3, 0.4) is 0 Å². The van der Waals surface area contributed by atoms with Gasteiger partial charge in [-0.15, -0.1) is 0 Å². The number of hydrazine groups is 1. The summed E-state index contributed by atoms with van der Waals surface area (Å²) in [4.78, 5) is 37.4. The molecule has 2 N–H and O–H groups in total. The summed E-state index contributed by atoms with van der Waals surface area (Å²) >= 11 is 5.98. The zero-order valence-electron chi connectivity index (χ0n) is 14.7. The van der Waals surface area contributed by atoms with E-state index in [1.807, 2.05) is 0 Å². The minimum absolute atomic E-state index is 0.0401. The van der Waals surface area contributed by atoms with E-state index in [-0.39, 0.29) is 27.9 Å². The van der Waals surface area contributed by atoms with Gasteiger partial charge in [0.1, 0.15) is 0 Å². The van der Waals surface area contributed by atoms with Crippen molar-refractivity contribution >= 4 is 34.2 Å². The number of hydrogen-bond donors (Lipinski definition) is 2. The molecule has 0 bridgehead atoms. The van der Waals surface area contributed by atoms with Crippen molar-refractivity contribution in [2.75, 3.05) is 0 Å². The van der Waals surface area contributed by atoms with Crippen LogP contribution >= 0.6 is 11.6 Å². The lowest BCUT2D eigenvalue weighted by atomic mass is 10.1. The fourth-order valence-corrected chi connectivity index (χ4v) is 2.83. The Morgan fingerprint density at radius 3 is 2.22 bits per heavy atom. The zero-order chi connectivity index (χ0) is 19.6. The second-order valence-corrected chi connectivity index (χ2v) is 6.53. The molecule has 3 rings (SSSR count). The van der Waals surface area contributed by atoms with Crippen molar-refractivity contribution in [1.29, 1.82) is 0 Å². The van der Waals surface area contributed by atoms with Gasteiger partial charge in [0.05, 0.1) is 22.0 Å². The predicted octanol–water partition coefficient (Wildman–Crippen LogP) is 2.71. The maximum absolute atomic E-state index is 12.6. The van der Waals surface area contributed by atoms with Crippen molar-refractivity contribution < 1.29 is 9.59 Å². The molecule has 0 unspecified atom stereocenters. The average molecular weight is 385 g/mol. The second kappa shape index (κ2) is 7.59. The number of fused-ring (bicyclic) bond motifs is 1. The van der Waals surface area contributed by atoms with Crippen LogP contribution < -0.4 is 16.4 Å². The van der Waals surface area contributed by atoms with Crippen molar-refractivity contribution in [1.82, 2.24) is 20.6 Å². The van der Waals surface area contributed by atoms with Crippen LogP contribution in [0.15, 0.2) is 53.3 Å². The highest BCUT2D eigenvalue weighted by atomic mass is 35.5. The van der Waals surface area contributed by atoms with Crippen molar-refractivity contribution in [2.24, 2.45) is 0 Å². The maximum atomic E-state index is 12.6. The molecule has 0 aliphatic rings. The van der Waals surface area contributed by atoms with Crippen LogP contribution in [0.2, 0.25) is 5.02 Å². The molecule has 2 amide bonds. The number of carbonyl (C=O) groups is 2. The monoisotopic (exact) mass is 384 g/mol. The minimum atomic E-state index is -0.638. The van der Waals surface area contributed by atoms with E-state index in [1.54, 1.807) is 56.3 Å². The van der Waals surface area contributed by atoms with Gasteiger partial charge in [0.15, 0.2) is 5.69 Å². The van der Waals surface area contributed by atoms with E-state index in [1.165, 1.54) is 10.7 Å². The number of rotatable bonds is 3. The Kier molecular flexibility index (Phi) is 5.23. The van der Waals surface area contributed by atoms with E-state index in [0.717, 1.165) is 0 Å². The molecular formula is C19H17ClN4O3. The number of aromatic nitrogens is 2. The third-order valence-corrected chi connectivity index (χ3v) is 4.27. The number of hydrogen-bond acceptors (Lipinski definition) is 4. The number of nitrogens with zero attached hydrogens (tertiary/aromatic N) is 2. The highest BCUT2D eigenvalue weighted by molar-refractivity contribution is 6.33. The van der Waals surface area contributed by atoms with Crippen LogP contribution in [0.1, 0.15) is 40.7 Å². The van der Waals surface area contributed by atoms with Gasteiger partial charge in [-0.1, -0.05) is 41.9 Å². The first-order valence-corrected chi connectivity index (χ1v) is 8.64. The molecule has 0 radical (unpaired) electrons. The molecule has 27 heavy (non-hydrogen) atoms. The molecular weight excluding hydrogens is 368 g/mol. The third kappa shape index (κ3) is 3.68. The summed E-state index contributed by atoms with van der Waals surface area (Å²) in [6, 6.07) is 12.9. The van der Waals surface area contributed by atoms with Crippen LogP contribution in [0, 0.1) is 0 Å². The van der Waals surface area contributed by atoms with Crippen LogP contribution in [0.25, 0.3) is 10.8 Å². The summed E-state index contributed by atoms with van der Waals surface area (Å²) < 4.78 is 1.24. The third-order valence-electron chi connectivity index (χ3n) is 3.94. The Hall–Kier alpha value is -3.19. The molecule has 0 atom stereocenters. The highest BCUT2D eigenvalue weighted by Gasteiger charge is 2.19. The van der Waals surface area contributed by atoms with Crippen molar-refractivity contribution in [3.63, 3.8) is 0 Å². The van der Waals surface area contributed by atoms with E-state index in [2.05, 4.69) is 16.0 Å². The van der Waals surface area contributed by atoms with Crippen LogP contribution in [0.4, 0.5) is 0 Å². The van der Waals surface area contributed by atoms with Gasteiger partial charge in [0, 0.05) is 5.39 Å². The molecule has 0 spiro atoms. The van der Waals surface area contributed by atoms with Crippen LogP contribution in [0.5, 0.6) is 0 Å². The van der Waals surface area contributed by atoms with Gasteiger partial charge < -0.3 is 0 Å². The molecule has 0 aliphatic carbocycles. The second-order valence-electron chi connectivity index (χ2n) is 6.13. The Balaban J connectivity index is 1.92. The normalized spacial score (nSPS) is 10.8. The SMILES string of the molecule is CC(C)n1nc(C(=O)NNC(=O)c2ccccc2Cl)c2ccccc2c1=O. The quantitative estimate of drug-likeness (QED) is 0.679. The largest absolute Gasteiger partial charge is 0.290 e. The molecule has 138 valence electrons. The number of nitrogens with one attached hydrogen (secondary N) is 2. The van der Waals surface area contributed by atoms with E-state index in [4.69, 9.17) is 11.6 Å². The smallest absolute Gasteiger partial charge is 0.267 e. The fourth-order valence-electron chi connectivity index (χ4n) is 2.61. The molecule has 8 heteroatoms. The summed E-state index contributed by atoms with van der Waals surface area (Å²) in [6.45, 7) is 3.59. The molecule has 1 heterocycles. The lowest BCUT2D eigenvalue weighted by Crippen LogP contribution is -2.43. The van der Waals surface area contributed by atoms with Gasteiger partial charge in [0.25, 0.3) is 17.4 Å². The highest BCUT2D eigenvalue weighted by Crippen LogP contribution is 2.16. The van der Waals surface area contributed by atoms with Gasteiger partial charge >= 0.3 is 0 Å². The van der Waals surface area contributed by atoms with Gasteiger partial charge in [-0.2, -0.15) is 5.10 Å². The number of carbonyl (C=O) groups excluding carboxylic acids is 2.